The minimum absolute atomic E-state index is 0.0796. The number of hydrogen-bond donors (Lipinski definition) is 3. The molecule has 2 atom stereocenters. The van der Waals surface area contributed by atoms with Crippen LogP contribution in [-0.4, -0.2) is 42.9 Å². The van der Waals surface area contributed by atoms with Crippen LogP contribution in [0.5, 0.6) is 0 Å². The van der Waals surface area contributed by atoms with Gasteiger partial charge in [-0.15, -0.1) is 0 Å². The first-order valence-electron chi connectivity index (χ1n) is 4.85. The highest BCUT2D eigenvalue weighted by Gasteiger charge is 2.22. The Balaban J connectivity index is 2.41. The van der Waals surface area contributed by atoms with Crippen LogP contribution in [0.4, 0.5) is 0 Å². The minimum Gasteiger partial charge on any atom is -0.315 e. The fourth-order valence-electron chi connectivity index (χ4n) is 1.66. The van der Waals surface area contributed by atoms with Crippen molar-refractivity contribution in [2.24, 2.45) is 5.73 Å². The normalized spacial score (nSPS) is 27.9. The van der Waals surface area contributed by atoms with Crippen molar-refractivity contribution in [3.8, 4) is 0 Å². The van der Waals surface area contributed by atoms with Gasteiger partial charge in [-0.05, 0) is 26.9 Å². The number of hydrazine groups is 2. The van der Waals surface area contributed by atoms with E-state index in [9.17, 15) is 0 Å². The third kappa shape index (κ3) is 2.89. The zero-order valence-electron chi connectivity index (χ0n) is 8.75. The van der Waals surface area contributed by atoms with E-state index in [1.165, 1.54) is 0 Å². The molecule has 5 nitrogen and oxygen atoms in total. The Hall–Kier alpha value is -0.200. The van der Waals surface area contributed by atoms with Crippen LogP contribution in [-0.2, 0) is 0 Å². The van der Waals surface area contributed by atoms with Gasteiger partial charge >= 0.3 is 0 Å². The molecule has 1 fully saturated rings. The van der Waals surface area contributed by atoms with E-state index in [1.807, 2.05) is 0 Å². The Labute approximate surface area is 80.2 Å². The summed E-state index contributed by atoms with van der Waals surface area (Å²) in [5.74, 6) is 0. The van der Waals surface area contributed by atoms with Gasteiger partial charge in [0, 0.05) is 6.54 Å². The summed E-state index contributed by atoms with van der Waals surface area (Å²) < 4.78 is 0. The highest BCUT2D eigenvalue weighted by atomic mass is 15.7. The molecular weight excluding hydrogens is 166 g/mol. The highest BCUT2D eigenvalue weighted by molar-refractivity contribution is 4.70. The second-order valence-corrected chi connectivity index (χ2v) is 3.70. The smallest absolute Gasteiger partial charge is 0.0763 e. The average molecular weight is 187 g/mol. The van der Waals surface area contributed by atoms with Gasteiger partial charge in [0.2, 0.25) is 0 Å². The summed E-state index contributed by atoms with van der Waals surface area (Å²) in [7, 11) is 4.18. The molecule has 1 saturated heterocycles. The fourth-order valence-corrected chi connectivity index (χ4v) is 1.66. The summed E-state index contributed by atoms with van der Waals surface area (Å²) in [6.07, 6.45) is 2.59. The van der Waals surface area contributed by atoms with Crippen molar-refractivity contribution in [2.45, 2.75) is 32.1 Å². The second-order valence-electron chi connectivity index (χ2n) is 3.70. The van der Waals surface area contributed by atoms with Crippen LogP contribution in [0.1, 0.15) is 19.8 Å². The lowest BCUT2D eigenvalue weighted by Crippen LogP contribution is -2.64. The van der Waals surface area contributed by atoms with E-state index in [2.05, 4.69) is 41.9 Å². The van der Waals surface area contributed by atoms with Crippen LogP contribution in [0.25, 0.3) is 0 Å². The maximum atomic E-state index is 5.70. The van der Waals surface area contributed by atoms with Crippen LogP contribution in [0.15, 0.2) is 0 Å². The maximum absolute atomic E-state index is 5.70. The topological polar surface area (TPSA) is 56.6 Å². The van der Waals surface area contributed by atoms with E-state index in [0.717, 1.165) is 19.4 Å². The number of nitrogens with two attached hydrogens (primary N) is 1. The molecule has 0 amide bonds. The van der Waals surface area contributed by atoms with Crippen molar-refractivity contribution in [2.75, 3.05) is 20.6 Å². The number of nitrogens with zero attached hydrogens (tertiary/aromatic N) is 2. The molecule has 2 unspecified atom stereocenters. The Morgan fingerprint density at radius 2 is 2.31 bits per heavy atom. The standard InChI is InChI=1S/C8H21N5/c1-4-8(12(2)3)13-6-5-7(9)10-11-13/h7-8,10-11H,4-6,9H2,1-3H3. The molecule has 0 aromatic heterocycles. The van der Waals surface area contributed by atoms with E-state index < -0.39 is 0 Å². The van der Waals surface area contributed by atoms with Gasteiger partial charge in [-0.2, -0.15) is 5.53 Å². The van der Waals surface area contributed by atoms with Crippen molar-refractivity contribution in [3.05, 3.63) is 0 Å². The average Bonchev–Trinajstić information content (AvgIpc) is 2.09. The molecular formula is C8H21N5. The van der Waals surface area contributed by atoms with E-state index in [0.29, 0.717) is 6.17 Å². The van der Waals surface area contributed by atoms with Gasteiger partial charge in [-0.1, -0.05) is 6.92 Å². The van der Waals surface area contributed by atoms with E-state index in [4.69, 9.17) is 5.73 Å². The molecule has 1 rings (SSSR count). The van der Waals surface area contributed by atoms with Gasteiger partial charge in [0.25, 0.3) is 0 Å². The number of hydrogen-bond acceptors (Lipinski definition) is 5. The zero-order valence-corrected chi connectivity index (χ0v) is 8.75. The summed E-state index contributed by atoms with van der Waals surface area (Å²) in [5, 5.41) is 2.18. The summed E-state index contributed by atoms with van der Waals surface area (Å²) in [5.41, 5.74) is 11.8. The van der Waals surface area contributed by atoms with Gasteiger partial charge in [0.1, 0.15) is 0 Å². The van der Waals surface area contributed by atoms with Crippen LogP contribution in [0, 0.1) is 0 Å². The molecule has 0 bridgehead atoms. The van der Waals surface area contributed by atoms with Gasteiger partial charge in [-0.3, -0.25) is 4.90 Å². The van der Waals surface area contributed by atoms with Crippen molar-refractivity contribution in [1.29, 1.82) is 0 Å². The molecule has 0 saturated carbocycles. The Kier molecular flexibility index (Phi) is 4.08. The first-order chi connectivity index (χ1) is 6.15. The van der Waals surface area contributed by atoms with Gasteiger partial charge < -0.3 is 5.73 Å². The van der Waals surface area contributed by atoms with E-state index >= 15 is 0 Å². The van der Waals surface area contributed by atoms with Crippen molar-refractivity contribution >= 4 is 0 Å². The predicted octanol–water partition coefficient (Wildman–Crippen LogP) is -0.716. The van der Waals surface area contributed by atoms with Crippen molar-refractivity contribution < 1.29 is 0 Å². The number of nitrogens with one attached hydrogen (secondary N) is 2. The summed E-state index contributed by atoms with van der Waals surface area (Å²) in [6, 6.07) is 0. The predicted molar refractivity (Wildman–Crippen MR) is 53.3 cm³/mol. The fraction of sp³-hybridized carbons (Fsp3) is 1.00. The zero-order chi connectivity index (χ0) is 9.84. The molecule has 0 spiro atoms. The quantitative estimate of drug-likeness (QED) is 0.544. The van der Waals surface area contributed by atoms with E-state index in [-0.39, 0.29) is 6.17 Å². The molecule has 5 heteroatoms. The molecule has 1 aliphatic rings. The molecule has 0 aliphatic carbocycles. The molecule has 1 heterocycles. The molecule has 78 valence electrons. The first-order valence-corrected chi connectivity index (χ1v) is 4.85. The van der Waals surface area contributed by atoms with Crippen molar-refractivity contribution in [1.82, 2.24) is 20.9 Å². The second kappa shape index (κ2) is 4.88. The van der Waals surface area contributed by atoms with Gasteiger partial charge in [0.15, 0.2) is 0 Å². The summed E-state index contributed by atoms with van der Waals surface area (Å²) >= 11 is 0. The lowest BCUT2D eigenvalue weighted by molar-refractivity contribution is -0.0173. The van der Waals surface area contributed by atoms with Gasteiger partial charge in [0.05, 0.1) is 12.3 Å². The van der Waals surface area contributed by atoms with Crippen molar-refractivity contribution in [3.63, 3.8) is 0 Å². The maximum Gasteiger partial charge on any atom is 0.0763 e. The molecule has 1 aliphatic heterocycles. The third-order valence-corrected chi connectivity index (χ3v) is 2.40. The largest absolute Gasteiger partial charge is 0.315 e. The van der Waals surface area contributed by atoms with E-state index in [1.54, 1.807) is 0 Å². The molecule has 0 aromatic rings. The molecule has 0 aromatic carbocycles. The minimum atomic E-state index is 0.0796. The van der Waals surface area contributed by atoms with Crippen LogP contribution in [0.3, 0.4) is 0 Å². The Bertz CT molecular complexity index is 141. The SMILES string of the molecule is CCC(N(C)C)N1CCC(N)NN1. The molecule has 13 heavy (non-hydrogen) atoms. The molecule has 4 N–H and O–H groups in total. The summed E-state index contributed by atoms with van der Waals surface area (Å²) in [4.78, 5) is 2.20. The third-order valence-electron chi connectivity index (χ3n) is 2.40. The van der Waals surface area contributed by atoms with Crippen LogP contribution in [0.2, 0.25) is 0 Å². The Morgan fingerprint density at radius 1 is 1.62 bits per heavy atom. The highest BCUT2D eigenvalue weighted by Crippen LogP contribution is 2.07. The summed E-state index contributed by atoms with van der Waals surface area (Å²) in [6.45, 7) is 3.17. The lowest BCUT2D eigenvalue weighted by atomic mass is 10.2. The molecule has 0 radical (unpaired) electrons. The van der Waals surface area contributed by atoms with Crippen LogP contribution < -0.4 is 16.7 Å². The Morgan fingerprint density at radius 3 is 2.69 bits per heavy atom. The van der Waals surface area contributed by atoms with Crippen LogP contribution >= 0.6 is 0 Å². The monoisotopic (exact) mass is 187 g/mol. The number of rotatable bonds is 3. The van der Waals surface area contributed by atoms with Gasteiger partial charge in [-0.25, -0.2) is 10.4 Å². The first kappa shape index (κ1) is 10.9. The lowest BCUT2D eigenvalue weighted by Gasteiger charge is -2.39.